The molecule has 54 heavy (non-hydrogen) atoms. The highest BCUT2D eigenvalue weighted by molar-refractivity contribution is 6.11. The van der Waals surface area contributed by atoms with Crippen LogP contribution in [0, 0.1) is 29.6 Å². The van der Waals surface area contributed by atoms with Crippen LogP contribution in [0.3, 0.4) is 0 Å². The van der Waals surface area contributed by atoms with Crippen molar-refractivity contribution >= 4 is 21.8 Å². The van der Waals surface area contributed by atoms with Gasteiger partial charge in [0.25, 0.3) is 0 Å². The summed E-state index contributed by atoms with van der Waals surface area (Å²) in [6.07, 6.45) is 0. The number of aryl methyl sites for hydroxylation is 1. The number of nitrogens with zero attached hydrogens (tertiary/aromatic N) is 6. The van der Waals surface area contributed by atoms with E-state index in [1.807, 2.05) is 109 Å². The fraction of sp³-hybridized carbons (Fsp3) is 0.0208. The maximum atomic E-state index is 10.1. The van der Waals surface area contributed by atoms with Gasteiger partial charge in [0.15, 0.2) is 17.5 Å². The second-order valence-electron chi connectivity index (χ2n) is 13.2. The smallest absolute Gasteiger partial charge is 0.164 e. The third-order valence-corrected chi connectivity index (χ3v) is 9.72. The van der Waals surface area contributed by atoms with Crippen molar-refractivity contribution in [1.82, 2.24) is 19.5 Å². The van der Waals surface area contributed by atoms with Crippen molar-refractivity contribution in [3.05, 3.63) is 180 Å². The number of nitriles is 2. The summed E-state index contributed by atoms with van der Waals surface area (Å²) in [5, 5.41) is 22.4. The zero-order valence-corrected chi connectivity index (χ0v) is 29.3. The fourth-order valence-electron chi connectivity index (χ4n) is 7.22. The second-order valence-corrected chi connectivity index (χ2v) is 13.2. The SMILES string of the molecule is Cc1ccc2c(c1)c1ccccc1n2-c1c(-c2cccc(C#N)c2)cc(-c2nc(-c3ccccc3)nc(-c3ccccc3)n2)cc1-c1cccc(C#N)c1. The Balaban J connectivity index is 1.44. The fourth-order valence-corrected chi connectivity index (χ4v) is 7.22. The van der Waals surface area contributed by atoms with E-state index in [2.05, 4.69) is 78.2 Å². The summed E-state index contributed by atoms with van der Waals surface area (Å²) in [5.41, 5.74) is 11.3. The van der Waals surface area contributed by atoms with Gasteiger partial charge >= 0.3 is 0 Å². The molecule has 0 radical (unpaired) electrons. The maximum absolute atomic E-state index is 10.1. The zero-order valence-electron chi connectivity index (χ0n) is 29.3. The van der Waals surface area contributed by atoms with E-state index >= 15 is 0 Å². The molecule has 0 fully saturated rings. The standard InChI is InChI=1S/C48H30N6/c1-31-22-23-44-42(24-31)39-20-8-9-21-43(39)54(44)45-40(36-18-10-12-32(25-36)29-49)27-38(28-41(45)37-19-11-13-33(26-37)30-50)48-52-46(34-14-4-2-5-15-34)51-47(53-48)35-16-6-3-7-17-35/h2-28H,1H3. The Labute approximate surface area is 312 Å². The molecule has 0 atom stereocenters. The summed E-state index contributed by atoms with van der Waals surface area (Å²) in [6, 6.07) is 59.1. The summed E-state index contributed by atoms with van der Waals surface area (Å²) in [7, 11) is 0. The molecule has 2 aromatic heterocycles. The Morgan fingerprint density at radius 1 is 0.426 bits per heavy atom. The second kappa shape index (κ2) is 13.5. The van der Waals surface area contributed by atoms with Crippen LogP contribution >= 0.6 is 0 Å². The Kier molecular flexibility index (Phi) is 8.04. The minimum Gasteiger partial charge on any atom is -0.308 e. The van der Waals surface area contributed by atoms with Crippen molar-refractivity contribution in [2.75, 3.05) is 0 Å². The number of hydrogen-bond donors (Lipinski definition) is 0. The number of rotatable bonds is 6. The highest BCUT2D eigenvalue weighted by atomic mass is 15.0. The van der Waals surface area contributed by atoms with Gasteiger partial charge < -0.3 is 4.57 Å². The van der Waals surface area contributed by atoms with Crippen molar-refractivity contribution in [2.24, 2.45) is 0 Å². The molecular formula is C48H30N6. The molecule has 0 spiro atoms. The Bertz CT molecular complexity index is 2830. The zero-order chi connectivity index (χ0) is 36.6. The number of fused-ring (bicyclic) bond motifs is 3. The third kappa shape index (κ3) is 5.75. The van der Waals surface area contributed by atoms with Crippen molar-refractivity contribution in [1.29, 1.82) is 10.5 Å². The first kappa shape index (κ1) is 32.3. The van der Waals surface area contributed by atoms with Gasteiger partial charge in [0.2, 0.25) is 0 Å². The summed E-state index contributed by atoms with van der Waals surface area (Å²) in [5.74, 6) is 1.62. The molecule has 9 aromatic rings. The molecule has 0 N–H and O–H groups in total. The largest absolute Gasteiger partial charge is 0.308 e. The predicted octanol–water partition coefficient (Wildman–Crippen LogP) is 11.4. The Morgan fingerprint density at radius 3 is 1.46 bits per heavy atom. The molecule has 252 valence electrons. The molecule has 0 bridgehead atoms. The molecule has 0 aliphatic rings. The van der Waals surface area contributed by atoms with Crippen LogP contribution < -0.4 is 0 Å². The van der Waals surface area contributed by atoms with Crippen LogP contribution in [0.1, 0.15) is 16.7 Å². The molecule has 0 unspecified atom stereocenters. The molecule has 0 saturated carbocycles. The van der Waals surface area contributed by atoms with E-state index in [4.69, 9.17) is 15.0 Å². The lowest BCUT2D eigenvalue weighted by Gasteiger charge is -2.21. The molecule has 2 heterocycles. The average molecular weight is 691 g/mol. The van der Waals surface area contributed by atoms with Gasteiger partial charge in [-0.1, -0.05) is 115 Å². The number of para-hydroxylation sites is 1. The monoisotopic (exact) mass is 690 g/mol. The van der Waals surface area contributed by atoms with Gasteiger partial charge in [-0.15, -0.1) is 0 Å². The van der Waals surface area contributed by atoms with Crippen molar-refractivity contribution in [3.8, 4) is 74.2 Å². The van der Waals surface area contributed by atoms with Gasteiger partial charge in [0.05, 0.1) is 40.0 Å². The highest BCUT2D eigenvalue weighted by Gasteiger charge is 2.23. The normalized spacial score (nSPS) is 11.0. The molecule has 0 saturated heterocycles. The number of aromatic nitrogens is 4. The van der Waals surface area contributed by atoms with Gasteiger partial charge in [0.1, 0.15) is 0 Å². The van der Waals surface area contributed by atoms with Gasteiger partial charge in [0, 0.05) is 38.6 Å². The quantitative estimate of drug-likeness (QED) is 0.173. The van der Waals surface area contributed by atoms with Crippen LogP contribution in [0.2, 0.25) is 0 Å². The molecule has 0 aliphatic heterocycles. The van der Waals surface area contributed by atoms with Crippen molar-refractivity contribution < 1.29 is 0 Å². The number of hydrogen-bond acceptors (Lipinski definition) is 5. The average Bonchev–Trinajstić information content (AvgIpc) is 3.56. The van der Waals surface area contributed by atoms with E-state index in [1.165, 1.54) is 5.56 Å². The van der Waals surface area contributed by atoms with Gasteiger partial charge in [-0.3, -0.25) is 0 Å². The molecule has 6 heteroatoms. The van der Waals surface area contributed by atoms with E-state index in [1.54, 1.807) is 0 Å². The van der Waals surface area contributed by atoms with Crippen LogP contribution in [0.4, 0.5) is 0 Å². The lowest BCUT2D eigenvalue weighted by Crippen LogP contribution is -2.04. The van der Waals surface area contributed by atoms with Crippen LogP contribution in [-0.4, -0.2) is 19.5 Å². The van der Waals surface area contributed by atoms with E-state index in [0.717, 1.165) is 66.4 Å². The lowest BCUT2D eigenvalue weighted by atomic mass is 9.91. The Morgan fingerprint density at radius 2 is 0.907 bits per heavy atom. The van der Waals surface area contributed by atoms with Crippen LogP contribution in [-0.2, 0) is 0 Å². The van der Waals surface area contributed by atoms with E-state index < -0.39 is 0 Å². The first-order valence-electron chi connectivity index (χ1n) is 17.6. The van der Waals surface area contributed by atoms with Crippen LogP contribution in [0.25, 0.3) is 83.9 Å². The molecule has 9 rings (SSSR count). The lowest BCUT2D eigenvalue weighted by molar-refractivity contribution is 1.07. The van der Waals surface area contributed by atoms with Crippen molar-refractivity contribution in [2.45, 2.75) is 6.92 Å². The minimum atomic E-state index is 0.502. The molecule has 0 amide bonds. The summed E-state index contributed by atoms with van der Waals surface area (Å²) < 4.78 is 2.31. The van der Waals surface area contributed by atoms with E-state index in [-0.39, 0.29) is 0 Å². The topological polar surface area (TPSA) is 91.2 Å². The van der Waals surface area contributed by atoms with E-state index in [0.29, 0.717) is 28.6 Å². The van der Waals surface area contributed by atoms with Crippen LogP contribution in [0.5, 0.6) is 0 Å². The minimum absolute atomic E-state index is 0.502. The van der Waals surface area contributed by atoms with Gasteiger partial charge in [-0.25, -0.2) is 15.0 Å². The predicted molar refractivity (Wildman–Crippen MR) is 216 cm³/mol. The summed E-state index contributed by atoms with van der Waals surface area (Å²) >= 11 is 0. The van der Waals surface area contributed by atoms with Gasteiger partial charge in [-0.05, 0) is 72.6 Å². The Hall–Kier alpha value is -7.67. The molecule has 6 nitrogen and oxygen atoms in total. The number of benzene rings is 7. The van der Waals surface area contributed by atoms with Crippen molar-refractivity contribution in [3.63, 3.8) is 0 Å². The third-order valence-electron chi connectivity index (χ3n) is 9.72. The molecule has 7 aromatic carbocycles. The molecule has 0 aliphatic carbocycles. The first-order chi connectivity index (χ1) is 26.6. The summed E-state index contributed by atoms with van der Waals surface area (Å²) in [6.45, 7) is 2.11. The first-order valence-corrected chi connectivity index (χ1v) is 17.6. The highest BCUT2D eigenvalue weighted by Crippen LogP contribution is 2.44. The van der Waals surface area contributed by atoms with Crippen LogP contribution in [0.15, 0.2) is 164 Å². The molecular weight excluding hydrogens is 661 g/mol. The van der Waals surface area contributed by atoms with E-state index in [9.17, 15) is 10.5 Å². The summed E-state index contributed by atoms with van der Waals surface area (Å²) in [4.78, 5) is 15.2. The van der Waals surface area contributed by atoms with Gasteiger partial charge in [-0.2, -0.15) is 10.5 Å². The maximum Gasteiger partial charge on any atom is 0.164 e.